The van der Waals surface area contributed by atoms with Crippen molar-refractivity contribution >= 4 is 46.6 Å². The number of anilines is 1. The van der Waals surface area contributed by atoms with Crippen molar-refractivity contribution in [1.82, 2.24) is 15.1 Å². The van der Waals surface area contributed by atoms with Crippen LogP contribution in [0.4, 0.5) is 11.4 Å². The molecule has 1 N–H and O–H groups in total. The van der Waals surface area contributed by atoms with E-state index in [2.05, 4.69) is 10.4 Å². The minimum atomic E-state index is -0.640. The molecule has 1 aromatic heterocycles. The number of nitro benzene ring substituents is 1. The van der Waals surface area contributed by atoms with Crippen molar-refractivity contribution in [3.63, 3.8) is 0 Å². The van der Waals surface area contributed by atoms with E-state index in [1.165, 1.54) is 34.0 Å². The predicted molar refractivity (Wildman–Crippen MR) is 139 cm³/mol. The Balaban J connectivity index is 1.39. The zero-order valence-electron chi connectivity index (χ0n) is 19.0. The van der Waals surface area contributed by atoms with Gasteiger partial charge < -0.3 is 4.74 Å². The van der Waals surface area contributed by atoms with Crippen LogP contribution in [-0.4, -0.2) is 31.6 Å². The number of para-hydroxylation sites is 1. The van der Waals surface area contributed by atoms with Crippen molar-refractivity contribution in [2.24, 2.45) is 0 Å². The fourth-order valence-corrected chi connectivity index (χ4v) is 3.93. The lowest BCUT2D eigenvalue weighted by Crippen LogP contribution is -2.54. The lowest BCUT2D eigenvalue weighted by Gasteiger charge is -2.28. The standard InChI is InChI=1S/C26H17N5O5S/c32-24-23(13-17-15-27-29(16-17)19-5-4-6-20(14-19)31(34)35)25(33)30(26(37)28-24)18-9-11-22(12-10-18)36-21-7-2-1-3-8-21/h1-16H,(H,28,32,37). The summed E-state index contributed by atoms with van der Waals surface area (Å²) in [4.78, 5) is 37.7. The monoisotopic (exact) mass is 511 g/mol. The molecule has 10 nitrogen and oxygen atoms in total. The predicted octanol–water partition coefficient (Wildman–Crippen LogP) is 4.40. The normalized spacial score (nSPS) is 14.5. The van der Waals surface area contributed by atoms with Crippen LogP contribution < -0.4 is 15.0 Å². The fourth-order valence-electron chi connectivity index (χ4n) is 3.65. The molecular weight excluding hydrogens is 494 g/mol. The van der Waals surface area contributed by atoms with Crippen LogP contribution in [0.2, 0.25) is 0 Å². The molecule has 1 aliphatic heterocycles. The van der Waals surface area contributed by atoms with Crippen LogP contribution in [-0.2, 0) is 9.59 Å². The number of hydrogen-bond donors (Lipinski definition) is 1. The second-order valence-electron chi connectivity index (χ2n) is 7.86. The van der Waals surface area contributed by atoms with Gasteiger partial charge in [0.2, 0.25) is 0 Å². The highest BCUT2D eigenvalue weighted by molar-refractivity contribution is 7.80. The van der Waals surface area contributed by atoms with Gasteiger partial charge in [-0.3, -0.25) is 29.9 Å². The van der Waals surface area contributed by atoms with Crippen molar-refractivity contribution in [2.45, 2.75) is 0 Å². The molecule has 0 spiro atoms. The molecule has 0 radical (unpaired) electrons. The zero-order chi connectivity index (χ0) is 25.9. The van der Waals surface area contributed by atoms with Gasteiger partial charge in [-0.25, -0.2) is 4.68 Å². The highest BCUT2D eigenvalue weighted by Crippen LogP contribution is 2.27. The molecule has 4 aromatic rings. The van der Waals surface area contributed by atoms with Crippen LogP contribution in [0.25, 0.3) is 11.8 Å². The Bertz CT molecular complexity index is 1560. The molecule has 0 bridgehead atoms. The summed E-state index contributed by atoms with van der Waals surface area (Å²) >= 11 is 5.26. The highest BCUT2D eigenvalue weighted by Gasteiger charge is 2.34. The molecule has 0 atom stereocenters. The maximum Gasteiger partial charge on any atom is 0.271 e. The number of ether oxygens (including phenoxy) is 1. The highest BCUT2D eigenvalue weighted by atomic mass is 32.1. The number of nitrogens with zero attached hydrogens (tertiary/aromatic N) is 4. The van der Waals surface area contributed by atoms with Crippen molar-refractivity contribution in [3.8, 4) is 17.2 Å². The molecule has 5 rings (SSSR count). The Morgan fingerprint density at radius 3 is 2.41 bits per heavy atom. The number of non-ortho nitro benzene ring substituents is 1. The quantitative estimate of drug-likeness (QED) is 0.134. The topological polar surface area (TPSA) is 120 Å². The largest absolute Gasteiger partial charge is 0.457 e. The van der Waals surface area contributed by atoms with Crippen molar-refractivity contribution in [3.05, 3.63) is 113 Å². The lowest BCUT2D eigenvalue weighted by molar-refractivity contribution is -0.384. The van der Waals surface area contributed by atoms with E-state index in [4.69, 9.17) is 17.0 Å². The molecule has 1 fully saturated rings. The number of amides is 2. The van der Waals surface area contributed by atoms with E-state index < -0.39 is 16.7 Å². The van der Waals surface area contributed by atoms with E-state index in [1.807, 2.05) is 30.3 Å². The summed E-state index contributed by atoms with van der Waals surface area (Å²) in [6.45, 7) is 0. The van der Waals surface area contributed by atoms with Gasteiger partial charge in [0, 0.05) is 23.9 Å². The number of thiocarbonyl (C=S) groups is 1. The smallest absolute Gasteiger partial charge is 0.271 e. The molecule has 0 saturated carbocycles. The molecule has 3 aromatic carbocycles. The number of benzene rings is 3. The van der Waals surface area contributed by atoms with Gasteiger partial charge in [0.1, 0.15) is 17.1 Å². The van der Waals surface area contributed by atoms with Crippen LogP contribution in [0, 0.1) is 10.1 Å². The van der Waals surface area contributed by atoms with Gasteiger partial charge in [-0.1, -0.05) is 24.3 Å². The van der Waals surface area contributed by atoms with Crippen LogP contribution in [0.1, 0.15) is 5.56 Å². The van der Waals surface area contributed by atoms with E-state index in [0.29, 0.717) is 28.4 Å². The average Bonchev–Trinajstić information content (AvgIpc) is 3.37. The summed E-state index contributed by atoms with van der Waals surface area (Å²) in [6.07, 6.45) is 4.39. The van der Waals surface area contributed by atoms with E-state index in [-0.39, 0.29) is 16.4 Å². The first-order valence-corrected chi connectivity index (χ1v) is 11.3. The van der Waals surface area contributed by atoms with Crippen molar-refractivity contribution in [1.29, 1.82) is 0 Å². The Labute approximate surface area is 215 Å². The molecule has 1 aliphatic rings. The van der Waals surface area contributed by atoms with Gasteiger partial charge in [0.15, 0.2) is 5.11 Å². The van der Waals surface area contributed by atoms with Crippen LogP contribution in [0.5, 0.6) is 11.5 Å². The number of aromatic nitrogens is 2. The Morgan fingerprint density at radius 2 is 1.68 bits per heavy atom. The maximum absolute atomic E-state index is 13.3. The Hall–Kier alpha value is -5.16. The molecule has 2 heterocycles. The number of hydrogen-bond acceptors (Lipinski definition) is 7. The minimum Gasteiger partial charge on any atom is -0.457 e. The second-order valence-corrected chi connectivity index (χ2v) is 8.25. The van der Waals surface area contributed by atoms with E-state index in [9.17, 15) is 19.7 Å². The lowest BCUT2D eigenvalue weighted by atomic mass is 10.1. The third-order valence-corrected chi connectivity index (χ3v) is 5.68. The van der Waals surface area contributed by atoms with Crippen LogP contribution in [0.15, 0.2) is 96.8 Å². The summed E-state index contributed by atoms with van der Waals surface area (Å²) < 4.78 is 7.20. The number of carbonyl (C=O) groups excluding carboxylic acids is 2. The maximum atomic E-state index is 13.3. The average molecular weight is 512 g/mol. The number of carbonyl (C=O) groups is 2. The first-order valence-electron chi connectivity index (χ1n) is 10.9. The van der Waals surface area contributed by atoms with Crippen molar-refractivity contribution < 1.29 is 19.2 Å². The van der Waals surface area contributed by atoms with Gasteiger partial charge in [-0.2, -0.15) is 5.10 Å². The molecule has 37 heavy (non-hydrogen) atoms. The van der Waals surface area contributed by atoms with Gasteiger partial charge in [-0.05, 0) is 60.8 Å². The minimum absolute atomic E-state index is 0.0452. The van der Waals surface area contributed by atoms with Crippen molar-refractivity contribution in [2.75, 3.05) is 4.90 Å². The Morgan fingerprint density at radius 1 is 0.946 bits per heavy atom. The van der Waals surface area contributed by atoms with Gasteiger partial charge in [0.05, 0.1) is 22.5 Å². The van der Waals surface area contributed by atoms with E-state index in [0.717, 1.165) is 0 Å². The third-order valence-electron chi connectivity index (χ3n) is 5.39. The molecule has 182 valence electrons. The van der Waals surface area contributed by atoms with E-state index in [1.54, 1.807) is 42.6 Å². The third kappa shape index (κ3) is 4.97. The van der Waals surface area contributed by atoms with Gasteiger partial charge in [0.25, 0.3) is 17.5 Å². The summed E-state index contributed by atoms with van der Waals surface area (Å²) in [5.41, 5.74) is 1.13. The second kappa shape index (κ2) is 9.84. The first kappa shape index (κ1) is 23.6. The van der Waals surface area contributed by atoms with Gasteiger partial charge >= 0.3 is 0 Å². The SMILES string of the molecule is O=C1NC(=S)N(c2ccc(Oc3ccccc3)cc2)C(=O)C1=Cc1cnn(-c2cccc([N+](=O)[O-])c2)c1. The zero-order valence-corrected chi connectivity index (χ0v) is 19.8. The number of nitro groups is 1. The summed E-state index contributed by atoms with van der Waals surface area (Å²) in [5, 5.41) is 17.7. The number of nitrogens with one attached hydrogen (secondary N) is 1. The van der Waals surface area contributed by atoms with Crippen LogP contribution >= 0.6 is 12.2 Å². The Kier molecular flexibility index (Phi) is 6.27. The van der Waals surface area contributed by atoms with E-state index >= 15 is 0 Å². The summed E-state index contributed by atoms with van der Waals surface area (Å²) in [6, 6.07) is 21.9. The van der Waals surface area contributed by atoms with Crippen LogP contribution in [0.3, 0.4) is 0 Å². The molecule has 0 unspecified atom stereocenters. The fraction of sp³-hybridized carbons (Fsp3) is 0. The summed E-state index contributed by atoms with van der Waals surface area (Å²) in [7, 11) is 0. The van der Waals surface area contributed by atoms with Gasteiger partial charge in [-0.15, -0.1) is 0 Å². The molecule has 0 aliphatic carbocycles. The number of rotatable bonds is 6. The first-order chi connectivity index (χ1) is 17.9. The molecule has 2 amide bonds. The summed E-state index contributed by atoms with van der Waals surface area (Å²) in [5.74, 6) is -0.00592. The molecular formula is C26H17N5O5S. The molecule has 11 heteroatoms. The molecule has 1 saturated heterocycles.